The van der Waals surface area contributed by atoms with Crippen LogP contribution in [0.5, 0.6) is 0 Å². The SMILES string of the molecule is CCOC(=O)c1sc(C(C)=O)nc1C. The molecule has 0 spiro atoms. The fourth-order valence-electron chi connectivity index (χ4n) is 0.933. The summed E-state index contributed by atoms with van der Waals surface area (Å²) in [4.78, 5) is 26.7. The van der Waals surface area contributed by atoms with E-state index in [9.17, 15) is 9.59 Å². The first kappa shape index (κ1) is 10.8. The van der Waals surface area contributed by atoms with Crippen molar-refractivity contribution in [2.75, 3.05) is 6.61 Å². The van der Waals surface area contributed by atoms with Crippen LogP contribution in [0.1, 0.15) is 39.0 Å². The number of hydrogen-bond donors (Lipinski definition) is 0. The third-order valence-corrected chi connectivity index (χ3v) is 2.80. The number of ketones is 1. The van der Waals surface area contributed by atoms with Gasteiger partial charge in [-0.15, -0.1) is 11.3 Å². The maximum Gasteiger partial charge on any atom is 0.350 e. The molecule has 0 amide bonds. The Morgan fingerprint density at radius 2 is 2.14 bits per heavy atom. The van der Waals surface area contributed by atoms with Crippen LogP contribution >= 0.6 is 11.3 Å². The highest BCUT2D eigenvalue weighted by Gasteiger charge is 2.17. The summed E-state index contributed by atoms with van der Waals surface area (Å²) in [5, 5.41) is 0.352. The Bertz CT molecular complexity index is 370. The second kappa shape index (κ2) is 4.32. The van der Waals surface area contributed by atoms with E-state index >= 15 is 0 Å². The van der Waals surface area contributed by atoms with Crippen molar-refractivity contribution in [1.82, 2.24) is 4.98 Å². The smallest absolute Gasteiger partial charge is 0.350 e. The van der Waals surface area contributed by atoms with Crippen molar-refractivity contribution in [3.8, 4) is 0 Å². The number of ether oxygens (including phenoxy) is 1. The number of rotatable bonds is 3. The molecule has 1 heterocycles. The molecule has 4 nitrogen and oxygen atoms in total. The van der Waals surface area contributed by atoms with Crippen LogP contribution in [0.3, 0.4) is 0 Å². The van der Waals surface area contributed by atoms with Crippen molar-refractivity contribution < 1.29 is 14.3 Å². The second-order valence-electron chi connectivity index (χ2n) is 2.71. The molecule has 0 aliphatic rings. The van der Waals surface area contributed by atoms with Gasteiger partial charge in [0.15, 0.2) is 10.8 Å². The molecular formula is C9H11NO3S. The second-order valence-corrected chi connectivity index (χ2v) is 3.71. The highest BCUT2D eigenvalue weighted by Crippen LogP contribution is 2.19. The summed E-state index contributed by atoms with van der Waals surface area (Å²) in [6, 6.07) is 0. The van der Waals surface area contributed by atoms with Crippen LogP contribution in [0.15, 0.2) is 0 Å². The molecule has 14 heavy (non-hydrogen) atoms. The van der Waals surface area contributed by atoms with Gasteiger partial charge in [-0.2, -0.15) is 0 Å². The van der Waals surface area contributed by atoms with Gasteiger partial charge in [0.1, 0.15) is 4.88 Å². The molecule has 76 valence electrons. The molecule has 1 rings (SSSR count). The third kappa shape index (κ3) is 2.17. The molecule has 0 radical (unpaired) electrons. The van der Waals surface area contributed by atoms with E-state index in [2.05, 4.69) is 4.98 Å². The average Bonchev–Trinajstić information content (AvgIpc) is 2.48. The third-order valence-electron chi connectivity index (χ3n) is 1.56. The first-order valence-electron chi connectivity index (χ1n) is 4.21. The topological polar surface area (TPSA) is 56.3 Å². The van der Waals surface area contributed by atoms with Crippen molar-refractivity contribution >= 4 is 23.1 Å². The summed E-state index contributed by atoms with van der Waals surface area (Å²) in [7, 11) is 0. The zero-order valence-electron chi connectivity index (χ0n) is 8.29. The summed E-state index contributed by atoms with van der Waals surface area (Å²) in [6.45, 7) is 5.17. The van der Waals surface area contributed by atoms with Crippen LogP contribution in [-0.2, 0) is 4.74 Å². The zero-order chi connectivity index (χ0) is 10.7. The van der Waals surface area contributed by atoms with Crippen LogP contribution in [0.2, 0.25) is 0 Å². The Balaban J connectivity index is 2.98. The van der Waals surface area contributed by atoms with Gasteiger partial charge in [-0.25, -0.2) is 9.78 Å². The number of carbonyl (C=O) groups excluding carboxylic acids is 2. The zero-order valence-corrected chi connectivity index (χ0v) is 9.10. The molecule has 0 N–H and O–H groups in total. The monoisotopic (exact) mass is 213 g/mol. The van der Waals surface area contributed by atoms with E-state index in [1.165, 1.54) is 6.92 Å². The Labute approximate surface area is 85.9 Å². The molecule has 1 aromatic rings. The van der Waals surface area contributed by atoms with Crippen LogP contribution in [0, 0.1) is 6.92 Å². The van der Waals surface area contributed by atoms with Crippen LogP contribution in [0.4, 0.5) is 0 Å². The lowest BCUT2D eigenvalue weighted by Crippen LogP contribution is -2.03. The number of aromatic nitrogens is 1. The fourth-order valence-corrected chi connectivity index (χ4v) is 1.79. The maximum atomic E-state index is 11.3. The van der Waals surface area contributed by atoms with E-state index < -0.39 is 5.97 Å². The molecule has 5 heteroatoms. The van der Waals surface area contributed by atoms with E-state index in [-0.39, 0.29) is 5.78 Å². The normalized spacial score (nSPS) is 9.93. The minimum Gasteiger partial charge on any atom is -0.462 e. The molecular weight excluding hydrogens is 202 g/mol. The van der Waals surface area contributed by atoms with E-state index in [0.717, 1.165) is 11.3 Å². The molecule has 1 aromatic heterocycles. The highest BCUT2D eigenvalue weighted by atomic mass is 32.1. The molecule has 0 atom stereocenters. The van der Waals surface area contributed by atoms with Gasteiger partial charge in [-0.3, -0.25) is 4.79 Å². The van der Waals surface area contributed by atoms with E-state index in [4.69, 9.17) is 4.74 Å². The summed E-state index contributed by atoms with van der Waals surface area (Å²) in [5.41, 5.74) is 0.554. The lowest BCUT2D eigenvalue weighted by Gasteiger charge is -1.97. The number of esters is 1. The number of hydrogen-bond acceptors (Lipinski definition) is 5. The summed E-state index contributed by atoms with van der Waals surface area (Å²) < 4.78 is 4.82. The Hall–Kier alpha value is -1.23. The van der Waals surface area contributed by atoms with Crippen molar-refractivity contribution in [1.29, 1.82) is 0 Å². The Kier molecular flexibility index (Phi) is 3.35. The maximum absolute atomic E-state index is 11.3. The standard InChI is InChI=1S/C9H11NO3S/c1-4-13-9(12)7-5(2)10-8(14-7)6(3)11/h4H2,1-3H3. The van der Waals surface area contributed by atoms with Gasteiger partial charge in [-0.05, 0) is 13.8 Å². The van der Waals surface area contributed by atoms with Crippen molar-refractivity contribution in [2.45, 2.75) is 20.8 Å². The van der Waals surface area contributed by atoms with Gasteiger partial charge in [0.25, 0.3) is 0 Å². The minimum absolute atomic E-state index is 0.131. The van der Waals surface area contributed by atoms with Gasteiger partial charge in [0.2, 0.25) is 0 Å². The van der Waals surface area contributed by atoms with Crippen LogP contribution in [0.25, 0.3) is 0 Å². The molecule has 0 saturated carbocycles. The largest absolute Gasteiger partial charge is 0.462 e. The molecule has 0 aromatic carbocycles. The molecule has 0 bridgehead atoms. The van der Waals surface area contributed by atoms with Crippen molar-refractivity contribution in [3.63, 3.8) is 0 Å². The summed E-state index contributed by atoms with van der Waals surface area (Å²) in [5.74, 6) is -0.538. The summed E-state index contributed by atoms with van der Waals surface area (Å²) >= 11 is 1.08. The lowest BCUT2D eigenvalue weighted by molar-refractivity contribution is 0.0531. The van der Waals surface area contributed by atoms with Crippen molar-refractivity contribution in [3.05, 3.63) is 15.6 Å². The fraction of sp³-hybridized carbons (Fsp3) is 0.444. The van der Waals surface area contributed by atoms with Crippen molar-refractivity contribution in [2.24, 2.45) is 0 Å². The number of carbonyl (C=O) groups is 2. The van der Waals surface area contributed by atoms with Gasteiger partial charge in [0, 0.05) is 6.92 Å². The Morgan fingerprint density at radius 3 is 2.57 bits per heavy atom. The van der Waals surface area contributed by atoms with E-state index in [1.54, 1.807) is 13.8 Å². The van der Waals surface area contributed by atoms with Crippen LogP contribution < -0.4 is 0 Å². The Morgan fingerprint density at radius 1 is 1.50 bits per heavy atom. The van der Waals surface area contributed by atoms with E-state index in [1.807, 2.05) is 0 Å². The first-order chi connectivity index (χ1) is 6.56. The van der Waals surface area contributed by atoms with Gasteiger partial charge < -0.3 is 4.74 Å². The van der Waals surface area contributed by atoms with Gasteiger partial charge in [0.05, 0.1) is 12.3 Å². The highest BCUT2D eigenvalue weighted by molar-refractivity contribution is 7.15. The molecule has 0 unspecified atom stereocenters. The summed E-state index contributed by atoms with van der Waals surface area (Å²) in [6.07, 6.45) is 0. The number of Topliss-reactive ketones (excluding diaryl/α,β-unsaturated/α-hetero) is 1. The molecule has 0 aliphatic heterocycles. The first-order valence-corrected chi connectivity index (χ1v) is 5.03. The molecule has 0 saturated heterocycles. The predicted molar refractivity (Wildman–Crippen MR) is 52.8 cm³/mol. The predicted octanol–water partition coefficient (Wildman–Crippen LogP) is 1.83. The van der Waals surface area contributed by atoms with E-state index in [0.29, 0.717) is 22.2 Å². The lowest BCUT2D eigenvalue weighted by atomic mass is 10.4. The molecule has 0 aliphatic carbocycles. The van der Waals surface area contributed by atoms with Gasteiger partial charge in [-0.1, -0.05) is 0 Å². The molecule has 0 fully saturated rings. The average molecular weight is 213 g/mol. The quantitative estimate of drug-likeness (QED) is 0.567. The number of thiazole rings is 1. The minimum atomic E-state index is -0.407. The van der Waals surface area contributed by atoms with Crippen LogP contribution in [-0.4, -0.2) is 23.3 Å². The van der Waals surface area contributed by atoms with Gasteiger partial charge >= 0.3 is 5.97 Å². The number of nitrogens with zero attached hydrogens (tertiary/aromatic N) is 1. The number of aryl methyl sites for hydroxylation is 1.